The van der Waals surface area contributed by atoms with Crippen LogP contribution in [0.15, 0.2) is 29.8 Å². The fourth-order valence-electron chi connectivity index (χ4n) is 2.21. The van der Waals surface area contributed by atoms with E-state index >= 15 is 0 Å². The van der Waals surface area contributed by atoms with E-state index in [4.69, 9.17) is 9.47 Å². The third-order valence-electron chi connectivity index (χ3n) is 3.20. The molecule has 0 saturated carbocycles. The number of nitrogens with zero attached hydrogens (tertiary/aromatic N) is 1. The molecule has 4 nitrogen and oxygen atoms in total. The average Bonchev–Trinajstić information content (AvgIpc) is 2.47. The van der Waals surface area contributed by atoms with Gasteiger partial charge in [-0.15, -0.1) is 0 Å². The largest absolute Gasteiger partial charge is 0.488 e. The van der Waals surface area contributed by atoms with E-state index in [-0.39, 0.29) is 5.91 Å². The van der Waals surface area contributed by atoms with Gasteiger partial charge < -0.3 is 14.4 Å². The van der Waals surface area contributed by atoms with Crippen LogP contribution >= 0.6 is 0 Å². The second kappa shape index (κ2) is 4.82. The summed E-state index contributed by atoms with van der Waals surface area (Å²) in [5, 5.41) is 0. The second-order valence-corrected chi connectivity index (χ2v) is 4.40. The molecule has 0 radical (unpaired) electrons. The predicted octanol–water partition coefficient (Wildman–Crippen LogP) is 1.32. The molecule has 0 N–H and O–H groups in total. The molecule has 0 atom stereocenters. The van der Waals surface area contributed by atoms with E-state index in [9.17, 15) is 4.79 Å². The zero-order valence-electron chi connectivity index (χ0n) is 10.1. The molecule has 0 unspecified atom stereocenters. The van der Waals surface area contributed by atoms with Gasteiger partial charge in [-0.25, -0.2) is 0 Å². The first kappa shape index (κ1) is 11.3. The van der Waals surface area contributed by atoms with Crippen LogP contribution in [0.2, 0.25) is 0 Å². The van der Waals surface area contributed by atoms with Crippen molar-refractivity contribution in [1.82, 2.24) is 4.90 Å². The molecule has 1 aromatic rings. The Hall–Kier alpha value is -1.81. The number of hydrogen-bond donors (Lipinski definition) is 0. The number of amides is 1. The van der Waals surface area contributed by atoms with Gasteiger partial charge in [0, 0.05) is 18.7 Å². The van der Waals surface area contributed by atoms with Gasteiger partial charge in [-0.2, -0.15) is 0 Å². The van der Waals surface area contributed by atoms with E-state index in [1.807, 2.05) is 35.2 Å². The first-order valence-electron chi connectivity index (χ1n) is 6.14. The molecular formula is C14H15NO3. The smallest absolute Gasteiger partial charge is 0.253 e. The molecule has 1 saturated heterocycles. The van der Waals surface area contributed by atoms with Crippen LogP contribution in [0.25, 0.3) is 6.08 Å². The van der Waals surface area contributed by atoms with Crippen molar-refractivity contribution in [2.24, 2.45) is 0 Å². The zero-order chi connectivity index (χ0) is 12.4. The number of ether oxygens (including phenoxy) is 2. The number of carbonyl (C=O) groups excluding carboxylic acids is 1. The SMILES string of the molecule is O=C(C1=Cc2ccccc2OC1)N1CCOCC1. The van der Waals surface area contributed by atoms with Gasteiger partial charge in [0.05, 0.1) is 18.8 Å². The van der Waals surface area contributed by atoms with Crippen LogP contribution in [0.5, 0.6) is 5.75 Å². The Kier molecular flexibility index (Phi) is 3.02. The molecule has 4 heteroatoms. The molecule has 3 rings (SSSR count). The summed E-state index contributed by atoms with van der Waals surface area (Å²) in [6.07, 6.45) is 1.93. The normalized spacial score (nSPS) is 18.7. The minimum atomic E-state index is 0.0628. The van der Waals surface area contributed by atoms with E-state index in [1.165, 1.54) is 0 Å². The second-order valence-electron chi connectivity index (χ2n) is 4.40. The first-order valence-corrected chi connectivity index (χ1v) is 6.14. The fourth-order valence-corrected chi connectivity index (χ4v) is 2.21. The summed E-state index contributed by atoms with van der Waals surface area (Å²) in [6.45, 7) is 2.93. The molecule has 1 aromatic carbocycles. The summed E-state index contributed by atoms with van der Waals surface area (Å²) >= 11 is 0. The van der Waals surface area contributed by atoms with Crippen molar-refractivity contribution in [1.29, 1.82) is 0 Å². The lowest BCUT2D eigenvalue weighted by Gasteiger charge is -2.28. The Morgan fingerprint density at radius 2 is 1.94 bits per heavy atom. The molecular weight excluding hydrogens is 230 g/mol. The molecule has 1 amide bonds. The molecule has 2 aliphatic heterocycles. The third-order valence-corrected chi connectivity index (χ3v) is 3.20. The van der Waals surface area contributed by atoms with Crippen molar-refractivity contribution in [2.75, 3.05) is 32.9 Å². The predicted molar refractivity (Wildman–Crippen MR) is 67.3 cm³/mol. The maximum absolute atomic E-state index is 12.3. The Morgan fingerprint density at radius 3 is 2.78 bits per heavy atom. The molecule has 1 fully saturated rings. The van der Waals surface area contributed by atoms with Crippen LogP contribution in [0, 0.1) is 0 Å². The number of rotatable bonds is 1. The van der Waals surface area contributed by atoms with E-state index in [2.05, 4.69) is 0 Å². The van der Waals surface area contributed by atoms with Crippen LogP contribution in [-0.2, 0) is 9.53 Å². The van der Waals surface area contributed by atoms with Gasteiger partial charge in [-0.1, -0.05) is 18.2 Å². The van der Waals surface area contributed by atoms with Gasteiger partial charge in [0.25, 0.3) is 5.91 Å². The minimum absolute atomic E-state index is 0.0628. The van der Waals surface area contributed by atoms with Gasteiger partial charge in [0.15, 0.2) is 0 Å². The van der Waals surface area contributed by atoms with Crippen molar-refractivity contribution >= 4 is 12.0 Å². The fraction of sp³-hybridized carbons (Fsp3) is 0.357. The van der Waals surface area contributed by atoms with E-state index in [0.29, 0.717) is 32.9 Å². The van der Waals surface area contributed by atoms with Crippen molar-refractivity contribution in [3.63, 3.8) is 0 Å². The van der Waals surface area contributed by atoms with Gasteiger partial charge >= 0.3 is 0 Å². The average molecular weight is 245 g/mol. The molecule has 2 aliphatic rings. The highest BCUT2D eigenvalue weighted by Crippen LogP contribution is 2.26. The van der Waals surface area contributed by atoms with E-state index in [0.717, 1.165) is 16.9 Å². The molecule has 0 aliphatic carbocycles. The van der Waals surface area contributed by atoms with Crippen LogP contribution in [-0.4, -0.2) is 43.7 Å². The monoisotopic (exact) mass is 245 g/mol. The first-order chi connectivity index (χ1) is 8.84. The van der Waals surface area contributed by atoms with Crippen molar-refractivity contribution in [2.45, 2.75) is 0 Å². The van der Waals surface area contributed by atoms with Crippen LogP contribution in [0.1, 0.15) is 5.56 Å². The van der Waals surface area contributed by atoms with Gasteiger partial charge in [0.2, 0.25) is 0 Å². The standard InChI is InChI=1S/C14H15NO3/c16-14(15-5-7-17-8-6-15)12-9-11-3-1-2-4-13(11)18-10-12/h1-4,9H,5-8,10H2. The Balaban J connectivity index is 1.81. The Morgan fingerprint density at radius 1 is 1.17 bits per heavy atom. The van der Waals surface area contributed by atoms with Crippen molar-refractivity contribution in [3.05, 3.63) is 35.4 Å². The zero-order valence-corrected chi connectivity index (χ0v) is 10.1. The summed E-state index contributed by atoms with van der Waals surface area (Å²) in [5.74, 6) is 0.906. The highest BCUT2D eigenvalue weighted by atomic mass is 16.5. The number of morpholine rings is 1. The minimum Gasteiger partial charge on any atom is -0.488 e. The number of hydrogen-bond acceptors (Lipinski definition) is 3. The summed E-state index contributed by atoms with van der Waals surface area (Å²) in [4.78, 5) is 14.1. The number of carbonyl (C=O) groups is 1. The van der Waals surface area contributed by atoms with E-state index < -0.39 is 0 Å². The number of fused-ring (bicyclic) bond motifs is 1. The molecule has 0 bridgehead atoms. The molecule has 0 aromatic heterocycles. The van der Waals surface area contributed by atoms with Gasteiger partial charge in [-0.05, 0) is 12.1 Å². The maximum atomic E-state index is 12.3. The summed E-state index contributed by atoms with van der Waals surface area (Å²) in [7, 11) is 0. The van der Waals surface area contributed by atoms with Crippen LogP contribution in [0.4, 0.5) is 0 Å². The molecule has 0 spiro atoms. The third kappa shape index (κ3) is 2.11. The highest BCUT2D eigenvalue weighted by Gasteiger charge is 2.23. The molecule has 18 heavy (non-hydrogen) atoms. The lowest BCUT2D eigenvalue weighted by atomic mass is 10.1. The summed E-state index contributed by atoms with van der Waals surface area (Å²) in [6, 6.07) is 7.76. The highest BCUT2D eigenvalue weighted by molar-refractivity contribution is 5.99. The van der Waals surface area contributed by atoms with Crippen molar-refractivity contribution in [3.8, 4) is 5.75 Å². The molecule has 2 heterocycles. The topological polar surface area (TPSA) is 38.8 Å². The van der Waals surface area contributed by atoms with Crippen molar-refractivity contribution < 1.29 is 14.3 Å². The lowest BCUT2D eigenvalue weighted by molar-refractivity contribution is -0.131. The van der Waals surface area contributed by atoms with Crippen LogP contribution in [0.3, 0.4) is 0 Å². The lowest BCUT2D eigenvalue weighted by Crippen LogP contribution is -2.42. The van der Waals surface area contributed by atoms with Gasteiger partial charge in [0.1, 0.15) is 12.4 Å². The summed E-state index contributed by atoms with van der Waals surface area (Å²) < 4.78 is 10.8. The number of benzene rings is 1. The van der Waals surface area contributed by atoms with Crippen LogP contribution < -0.4 is 4.74 Å². The van der Waals surface area contributed by atoms with Gasteiger partial charge in [-0.3, -0.25) is 4.79 Å². The molecule has 94 valence electrons. The van der Waals surface area contributed by atoms with E-state index in [1.54, 1.807) is 0 Å². The Labute approximate surface area is 106 Å². The Bertz CT molecular complexity index is 490. The maximum Gasteiger partial charge on any atom is 0.253 e. The number of para-hydroxylation sites is 1. The quantitative estimate of drug-likeness (QED) is 0.749. The summed E-state index contributed by atoms with van der Waals surface area (Å²) in [5.41, 5.74) is 1.69.